The first-order chi connectivity index (χ1) is 13.8. The van der Waals surface area contributed by atoms with Gasteiger partial charge in [-0.3, -0.25) is 9.69 Å². The minimum atomic E-state index is -1.55. The monoisotopic (exact) mass is 401 g/mol. The summed E-state index contributed by atoms with van der Waals surface area (Å²) in [4.78, 5) is 30.4. The summed E-state index contributed by atoms with van der Waals surface area (Å²) >= 11 is 0. The zero-order valence-corrected chi connectivity index (χ0v) is 15.1. The third kappa shape index (κ3) is 3.24. The molecule has 2 heterocycles. The number of hydrogen-bond donors (Lipinski definition) is 1. The topological polar surface area (TPSA) is 75.4 Å². The Labute approximate surface area is 163 Å². The average Bonchev–Trinajstić information content (AvgIpc) is 3.24. The number of hydrogen-bond acceptors (Lipinski definition) is 4. The van der Waals surface area contributed by atoms with Crippen LogP contribution in [0.4, 0.5) is 18.0 Å². The highest BCUT2D eigenvalue weighted by atomic mass is 19.2. The summed E-state index contributed by atoms with van der Waals surface area (Å²) in [6.45, 7) is 1.22. The summed E-state index contributed by atoms with van der Waals surface area (Å²) in [6.07, 6.45) is 1.28. The first-order valence-corrected chi connectivity index (χ1v) is 8.58. The van der Waals surface area contributed by atoms with Crippen molar-refractivity contribution in [3.05, 3.63) is 77.4 Å². The van der Waals surface area contributed by atoms with Crippen LogP contribution in [0.2, 0.25) is 0 Å². The predicted octanol–water partition coefficient (Wildman–Crippen LogP) is 3.73. The van der Waals surface area contributed by atoms with E-state index in [0.717, 1.165) is 17.0 Å². The van der Waals surface area contributed by atoms with Crippen LogP contribution in [0.5, 0.6) is 0 Å². The fourth-order valence-corrected chi connectivity index (χ4v) is 3.11. The van der Waals surface area contributed by atoms with Gasteiger partial charge in [0.2, 0.25) is 5.89 Å². The molecule has 1 aliphatic rings. The van der Waals surface area contributed by atoms with Crippen molar-refractivity contribution in [1.82, 2.24) is 15.2 Å². The number of nitrogens with zero attached hydrogens (tertiary/aromatic N) is 2. The van der Waals surface area contributed by atoms with Crippen LogP contribution in [-0.2, 0) is 16.9 Å². The van der Waals surface area contributed by atoms with Crippen molar-refractivity contribution in [2.45, 2.75) is 19.0 Å². The van der Waals surface area contributed by atoms with Gasteiger partial charge in [-0.15, -0.1) is 0 Å². The Hall–Kier alpha value is -3.62. The predicted molar refractivity (Wildman–Crippen MR) is 94.7 cm³/mol. The second-order valence-corrected chi connectivity index (χ2v) is 6.73. The van der Waals surface area contributed by atoms with Gasteiger partial charge in [0.1, 0.15) is 17.6 Å². The summed E-state index contributed by atoms with van der Waals surface area (Å²) in [5.74, 6) is -3.02. The van der Waals surface area contributed by atoms with Gasteiger partial charge in [-0.2, -0.15) is 0 Å². The normalized spacial score (nSPS) is 19.0. The number of amides is 3. The van der Waals surface area contributed by atoms with Gasteiger partial charge in [0.05, 0.1) is 12.2 Å². The lowest BCUT2D eigenvalue weighted by atomic mass is 9.92. The molecule has 4 rings (SSSR count). The lowest BCUT2D eigenvalue weighted by Crippen LogP contribution is -2.41. The van der Waals surface area contributed by atoms with Crippen molar-refractivity contribution in [3.63, 3.8) is 0 Å². The molecule has 1 aromatic heterocycles. The number of carbonyl (C=O) groups excluding carboxylic acids is 2. The molecular weight excluding hydrogens is 387 g/mol. The molecule has 1 atom stereocenters. The number of imide groups is 1. The van der Waals surface area contributed by atoms with Gasteiger partial charge in [-0.25, -0.2) is 22.9 Å². The van der Waals surface area contributed by atoms with Gasteiger partial charge in [0, 0.05) is 5.56 Å². The first kappa shape index (κ1) is 18.7. The zero-order chi connectivity index (χ0) is 20.8. The van der Waals surface area contributed by atoms with Gasteiger partial charge in [0.25, 0.3) is 5.91 Å². The molecule has 1 aliphatic heterocycles. The van der Waals surface area contributed by atoms with E-state index in [4.69, 9.17) is 4.42 Å². The fourth-order valence-electron chi connectivity index (χ4n) is 3.11. The summed E-state index contributed by atoms with van der Waals surface area (Å²) in [6, 6.07) is 7.78. The van der Waals surface area contributed by atoms with Gasteiger partial charge in [-0.1, -0.05) is 6.07 Å². The molecule has 3 aromatic rings. The molecule has 29 heavy (non-hydrogen) atoms. The number of benzene rings is 2. The van der Waals surface area contributed by atoms with E-state index in [2.05, 4.69) is 10.3 Å². The smallest absolute Gasteiger partial charge is 0.325 e. The SMILES string of the molecule is CC1(c2ccc(F)c(F)c2)NC(=O)N(Cc2coc(-c3ccc(F)cc3)n2)C1=O. The van der Waals surface area contributed by atoms with Crippen LogP contribution >= 0.6 is 0 Å². The van der Waals surface area contributed by atoms with E-state index in [0.29, 0.717) is 11.3 Å². The molecule has 0 radical (unpaired) electrons. The standard InChI is InChI=1S/C20H14F3N3O3/c1-20(12-4-7-15(22)16(23)8-12)18(27)26(19(28)25-20)9-14-10-29-17(24-14)11-2-5-13(21)6-3-11/h2-8,10H,9H2,1H3,(H,25,28). The van der Waals surface area contributed by atoms with Crippen LogP contribution in [0.15, 0.2) is 53.1 Å². The Morgan fingerprint density at radius 2 is 1.79 bits per heavy atom. The number of carbonyl (C=O) groups is 2. The Bertz CT molecular complexity index is 1110. The summed E-state index contributed by atoms with van der Waals surface area (Å²) in [7, 11) is 0. The van der Waals surface area contributed by atoms with E-state index in [1.807, 2.05) is 0 Å². The van der Waals surface area contributed by atoms with Crippen LogP contribution in [0, 0.1) is 17.5 Å². The maximum absolute atomic E-state index is 13.6. The molecule has 1 N–H and O–H groups in total. The number of rotatable bonds is 4. The van der Waals surface area contributed by atoms with E-state index in [1.165, 1.54) is 43.5 Å². The first-order valence-electron chi connectivity index (χ1n) is 8.58. The van der Waals surface area contributed by atoms with E-state index in [-0.39, 0.29) is 18.0 Å². The van der Waals surface area contributed by atoms with E-state index in [1.54, 1.807) is 0 Å². The number of halogens is 3. The number of oxazole rings is 1. The quantitative estimate of drug-likeness (QED) is 0.676. The average molecular weight is 401 g/mol. The van der Waals surface area contributed by atoms with Crippen LogP contribution in [-0.4, -0.2) is 21.8 Å². The molecule has 148 valence electrons. The second kappa shape index (κ2) is 6.77. The second-order valence-electron chi connectivity index (χ2n) is 6.73. The van der Waals surface area contributed by atoms with Crippen molar-refractivity contribution >= 4 is 11.9 Å². The van der Waals surface area contributed by atoms with Gasteiger partial charge in [-0.05, 0) is 48.9 Å². The molecular formula is C20H14F3N3O3. The highest BCUT2D eigenvalue weighted by Crippen LogP contribution is 2.31. The number of urea groups is 1. The van der Waals surface area contributed by atoms with E-state index in [9.17, 15) is 22.8 Å². The van der Waals surface area contributed by atoms with Crippen molar-refractivity contribution < 1.29 is 27.2 Å². The Kier molecular flexibility index (Phi) is 4.37. The molecule has 0 spiro atoms. The Morgan fingerprint density at radius 1 is 1.07 bits per heavy atom. The van der Waals surface area contributed by atoms with Crippen molar-refractivity contribution in [3.8, 4) is 11.5 Å². The van der Waals surface area contributed by atoms with E-state index < -0.39 is 34.9 Å². The molecule has 2 aromatic carbocycles. The molecule has 0 saturated carbocycles. The van der Waals surface area contributed by atoms with Crippen LogP contribution in [0.1, 0.15) is 18.2 Å². The minimum Gasteiger partial charge on any atom is -0.444 e. The van der Waals surface area contributed by atoms with Crippen LogP contribution in [0.25, 0.3) is 11.5 Å². The number of nitrogens with one attached hydrogen (secondary N) is 1. The minimum absolute atomic E-state index is 0.115. The highest BCUT2D eigenvalue weighted by Gasteiger charge is 2.49. The third-order valence-electron chi connectivity index (χ3n) is 4.73. The molecule has 1 fully saturated rings. The Balaban J connectivity index is 1.57. The van der Waals surface area contributed by atoms with Crippen LogP contribution in [0.3, 0.4) is 0 Å². The Morgan fingerprint density at radius 3 is 2.48 bits per heavy atom. The van der Waals surface area contributed by atoms with Crippen molar-refractivity contribution in [2.24, 2.45) is 0 Å². The lowest BCUT2D eigenvalue weighted by Gasteiger charge is -2.22. The van der Waals surface area contributed by atoms with Crippen molar-refractivity contribution in [2.75, 3.05) is 0 Å². The van der Waals surface area contributed by atoms with Gasteiger partial charge >= 0.3 is 6.03 Å². The molecule has 1 saturated heterocycles. The summed E-state index contributed by atoms with van der Waals surface area (Å²) in [5, 5.41) is 2.51. The van der Waals surface area contributed by atoms with E-state index >= 15 is 0 Å². The largest absolute Gasteiger partial charge is 0.444 e. The highest BCUT2D eigenvalue weighted by molar-refractivity contribution is 6.07. The molecule has 1 unspecified atom stereocenters. The molecule has 0 aliphatic carbocycles. The third-order valence-corrected chi connectivity index (χ3v) is 4.73. The molecule has 6 nitrogen and oxygen atoms in total. The number of aromatic nitrogens is 1. The maximum Gasteiger partial charge on any atom is 0.325 e. The van der Waals surface area contributed by atoms with Crippen molar-refractivity contribution in [1.29, 1.82) is 0 Å². The summed E-state index contributed by atoms with van der Waals surface area (Å²) < 4.78 is 45.2. The maximum atomic E-state index is 13.6. The van der Waals surface area contributed by atoms with Gasteiger partial charge < -0.3 is 9.73 Å². The molecule has 3 amide bonds. The molecule has 9 heteroatoms. The lowest BCUT2D eigenvalue weighted by molar-refractivity contribution is -0.131. The molecule has 0 bridgehead atoms. The zero-order valence-electron chi connectivity index (χ0n) is 15.1. The van der Waals surface area contributed by atoms with Crippen LogP contribution < -0.4 is 5.32 Å². The fraction of sp³-hybridized carbons (Fsp3) is 0.150. The summed E-state index contributed by atoms with van der Waals surface area (Å²) in [5.41, 5.74) is -0.608. The van der Waals surface area contributed by atoms with Gasteiger partial charge in [0.15, 0.2) is 11.6 Å².